The lowest BCUT2D eigenvalue weighted by atomic mass is 10.1. The predicted molar refractivity (Wildman–Crippen MR) is 134 cm³/mol. The van der Waals surface area contributed by atoms with Gasteiger partial charge in [-0.2, -0.15) is 10.2 Å². The smallest absolute Gasteiger partial charge is 0.342 e. The average molecular weight is 533 g/mol. The third kappa shape index (κ3) is 3.80. The first-order chi connectivity index (χ1) is 18.8. The Morgan fingerprint density at radius 2 is 1.90 bits per heavy atom. The monoisotopic (exact) mass is 533 g/mol. The van der Waals surface area contributed by atoms with Crippen molar-refractivity contribution in [3.05, 3.63) is 87.1 Å². The molecule has 5 heterocycles. The second-order valence-electron chi connectivity index (χ2n) is 8.99. The van der Waals surface area contributed by atoms with Gasteiger partial charge in [-0.25, -0.2) is 27.5 Å². The number of methoxy groups -OCH3 is 1. The van der Waals surface area contributed by atoms with Crippen LogP contribution < -0.4 is 20.9 Å². The van der Waals surface area contributed by atoms with Gasteiger partial charge in [-0.15, -0.1) is 0 Å². The third-order valence-electron chi connectivity index (χ3n) is 6.73. The highest BCUT2D eigenvalue weighted by atomic mass is 19.2. The standard InChI is InChI=1S/C26H18F3N7O3/c1-39-24-23-19(10-21(32-24)33-6-4-14(11-30)13-33)35(16-2-3-17(28)18(29)9-16)26(38)36(25(23)37)22-12-31-20-8-15(27)5-7-34(20)22/h2-3,5,7-10,12,14H,4,6,13H2,1H3/t14-/m0/s1. The molecule has 0 amide bonds. The van der Waals surface area contributed by atoms with Gasteiger partial charge in [0.05, 0.1) is 36.5 Å². The van der Waals surface area contributed by atoms with E-state index < -0.39 is 28.7 Å². The molecule has 1 aliphatic heterocycles. The number of hydrogen-bond acceptors (Lipinski definition) is 7. The van der Waals surface area contributed by atoms with Crippen molar-refractivity contribution in [3.8, 4) is 23.5 Å². The molecule has 4 aromatic heterocycles. The molecular formula is C26H18F3N7O3. The van der Waals surface area contributed by atoms with Gasteiger partial charge in [0.15, 0.2) is 11.6 Å². The number of aromatic nitrogens is 5. The first kappa shape index (κ1) is 24.2. The molecule has 1 saturated heterocycles. The summed E-state index contributed by atoms with van der Waals surface area (Å²) in [7, 11) is 1.31. The molecule has 1 atom stereocenters. The summed E-state index contributed by atoms with van der Waals surface area (Å²) < 4.78 is 50.6. The molecule has 0 radical (unpaired) electrons. The van der Waals surface area contributed by atoms with Gasteiger partial charge in [-0.1, -0.05) is 0 Å². The van der Waals surface area contributed by atoms with Crippen molar-refractivity contribution in [2.75, 3.05) is 25.1 Å². The van der Waals surface area contributed by atoms with Crippen LogP contribution in [0.5, 0.6) is 5.88 Å². The highest BCUT2D eigenvalue weighted by Crippen LogP contribution is 2.30. The molecule has 0 aliphatic carbocycles. The topological polar surface area (TPSA) is 110 Å². The summed E-state index contributed by atoms with van der Waals surface area (Å²) in [5.41, 5.74) is -1.62. The number of hydrogen-bond donors (Lipinski definition) is 0. The van der Waals surface area contributed by atoms with Crippen LogP contribution in [0.1, 0.15) is 6.42 Å². The maximum absolute atomic E-state index is 14.4. The highest BCUT2D eigenvalue weighted by Gasteiger charge is 2.27. The largest absolute Gasteiger partial charge is 0.480 e. The Balaban J connectivity index is 1.72. The van der Waals surface area contributed by atoms with Crippen molar-refractivity contribution in [3.63, 3.8) is 0 Å². The molecule has 0 bridgehead atoms. The second kappa shape index (κ2) is 9.02. The van der Waals surface area contributed by atoms with E-state index in [0.29, 0.717) is 25.3 Å². The fourth-order valence-electron chi connectivity index (χ4n) is 4.84. The summed E-state index contributed by atoms with van der Waals surface area (Å²) in [6.07, 6.45) is 3.13. The lowest BCUT2D eigenvalue weighted by molar-refractivity contribution is 0.402. The minimum absolute atomic E-state index is 0.0132. The van der Waals surface area contributed by atoms with Crippen LogP contribution in [0.3, 0.4) is 0 Å². The van der Waals surface area contributed by atoms with Crippen LogP contribution in [-0.2, 0) is 0 Å². The second-order valence-corrected chi connectivity index (χ2v) is 8.99. The Morgan fingerprint density at radius 1 is 1.08 bits per heavy atom. The molecular weight excluding hydrogens is 515 g/mol. The molecule has 0 unspecified atom stereocenters. The SMILES string of the molecule is COc1nc(N2CC[C@@H](C#N)C2)cc2c1c(=O)n(-c1cnc3cc(F)ccn13)c(=O)n2-c1ccc(F)c(F)c1. The fraction of sp³-hybridized carbons (Fsp3) is 0.192. The Morgan fingerprint density at radius 3 is 2.62 bits per heavy atom. The predicted octanol–water partition coefficient (Wildman–Crippen LogP) is 2.96. The van der Waals surface area contributed by atoms with Gasteiger partial charge in [0.1, 0.15) is 28.5 Å². The molecule has 1 aliphatic rings. The number of fused-ring (bicyclic) bond motifs is 2. The third-order valence-corrected chi connectivity index (χ3v) is 6.73. The zero-order valence-electron chi connectivity index (χ0n) is 20.3. The van der Waals surface area contributed by atoms with Gasteiger partial charge in [0, 0.05) is 37.5 Å². The molecule has 1 aromatic carbocycles. The van der Waals surface area contributed by atoms with E-state index in [1.165, 1.54) is 36.0 Å². The molecule has 39 heavy (non-hydrogen) atoms. The van der Waals surface area contributed by atoms with Crippen LogP contribution in [0.25, 0.3) is 28.1 Å². The van der Waals surface area contributed by atoms with Crippen molar-refractivity contribution in [1.29, 1.82) is 5.26 Å². The van der Waals surface area contributed by atoms with Gasteiger partial charge in [0.25, 0.3) is 5.56 Å². The van der Waals surface area contributed by atoms with Gasteiger partial charge >= 0.3 is 5.69 Å². The number of pyridine rings is 2. The van der Waals surface area contributed by atoms with E-state index in [9.17, 15) is 28.0 Å². The molecule has 0 spiro atoms. The summed E-state index contributed by atoms with van der Waals surface area (Å²) in [5.74, 6) is -2.89. The van der Waals surface area contributed by atoms with Crippen LogP contribution in [0.4, 0.5) is 19.0 Å². The minimum Gasteiger partial charge on any atom is -0.480 e. The summed E-state index contributed by atoms with van der Waals surface area (Å²) in [5, 5.41) is 9.21. The number of anilines is 1. The number of imidazole rings is 1. The summed E-state index contributed by atoms with van der Waals surface area (Å²) >= 11 is 0. The lowest BCUT2D eigenvalue weighted by Gasteiger charge is -2.20. The zero-order valence-corrected chi connectivity index (χ0v) is 20.3. The number of nitrogens with zero attached hydrogens (tertiary/aromatic N) is 7. The molecule has 5 aromatic rings. The summed E-state index contributed by atoms with van der Waals surface area (Å²) in [4.78, 5) is 38.3. The highest BCUT2D eigenvalue weighted by molar-refractivity contribution is 5.87. The first-order valence-electron chi connectivity index (χ1n) is 11.8. The van der Waals surface area contributed by atoms with E-state index in [-0.39, 0.29) is 39.9 Å². The van der Waals surface area contributed by atoms with Crippen molar-refractivity contribution < 1.29 is 17.9 Å². The molecule has 0 N–H and O–H groups in total. The van der Waals surface area contributed by atoms with E-state index in [2.05, 4.69) is 16.0 Å². The van der Waals surface area contributed by atoms with E-state index in [4.69, 9.17) is 4.74 Å². The Kier molecular flexibility index (Phi) is 5.60. The van der Waals surface area contributed by atoms with Crippen LogP contribution in [-0.4, -0.2) is 43.7 Å². The average Bonchev–Trinajstić information content (AvgIpc) is 3.57. The normalized spacial score (nSPS) is 15.3. The number of halogens is 3. The number of benzene rings is 1. The van der Waals surface area contributed by atoms with Gasteiger partial charge in [-0.3, -0.25) is 13.8 Å². The van der Waals surface area contributed by atoms with Crippen LogP contribution in [0.2, 0.25) is 0 Å². The Hall–Kier alpha value is -5.12. The van der Waals surface area contributed by atoms with Crippen molar-refractivity contribution in [1.82, 2.24) is 23.5 Å². The van der Waals surface area contributed by atoms with Crippen molar-refractivity contribution in [2.24, 2.45) is 5.92 Å². The van der Waals surface area contributed by atoms with Gasteiger partial charge in [-0.05, 0) is 24.6 Å². The van der Waals surface area contributed by atoms with E-state index >= 15 is 0 Å². The van der Waals surface area contributed by atoms with E-state index in [1.807, 2.05) is 4.90 Å². The Labute approximate surface area is 217 Å². The lowest BCUT2D eigenvalue weighted by Crippen LogP contribution is -2.39. The van der Waals surface area contributed by atoms with Gasteiger partial charge in [0.2, 0.25) is 5.88 Å². The van der Waals surface area contributed by atoms with Crippen LogP contribution >= 0.6 is 0 Å². The van der Waals surface area contributed by atoms with Crippen LogP contribution in [0.15, 0.2) is 58.4 Å². The summed E-state index contributed by atoms with van der Waals surface area (Å²) in [6.45, 7) is 0.883. The first-order valence-corrected chi connectivity index (χ1v) is 11.8. The van der Waals surface area contributed by atoms with Crippen molar-refractivity contribution >= 4 is 22.4 Å². The maximum Gasteiger partial charge on any atom is 0.342 e. The zero-order chi connectivity index (χ0) is 27.4. The van der Waals surface area contributed by atoms with E-state index in [0.717, 1.165) is 33.4 Å². The number of rotatable bonds is 4. The fourth-order valence-corrected chi connectivity index (χ4v) is 4.84. The molecule has 10 nitrogen and oxygen atoms in total. The minimum atomic E-state index is -1.20. The number of ether oxygens (including phenoxy) is 1. The quantitative estimate of drug-likeness (QED) is 0.349. The molecule has 6 rings (SSSR count). The van der Waals surface area contributed by atoms with E-state index in [1.54, 1.807) is 0 Å². The molecule has 196 valence electrons. The maximum atomic E-state index is 14.4. The Bertz CT molecular complexity index is 1960. The number of nitriles is 1. The molecule has 0 saturated carbocycles. The van der Waals surface area contributed by atoms with Gasteiger partial charge < -0.3 is 9.64 Å². The molecule has 1 fully saturated rings. The van der Waals surface area contributed by atoms with Crippen molar-refractivity contribution in [2.45, 2.75) is 6.42 Å². The summed E-state index contributed by atoms with van der Waals surface area (Å²) in [6, 6.07) is 8.87. The van der Waals surface area contributed by atoms with Crippen LogP contribution in [0, 0.1) is 34.7 Å². The molecule has 13 heteroatoms.